The zero-order chi connectivity index (χ0) is 15.2. The molecule has 0 aliphatic carbocycles. The molecule has 1 aliphatic heterocycles. The molecule has 1 aromatic rings. The summed E-state index contributed by atoms with van der Waals surface area (Å²) >= 11 is 0. The summed E-state index contributed by atoms with van der Waals surface area (Å²) in [5.74, 6) is -0.232. The van der Waals surface area contributed by atoms with Crippen LogP contribution in [-0.4, -0.2) is 59.4 Å². The number of amides is 2. The van der Waals surface area contributed by atoms with E-state index in [9.17, 15) is 14.7 Å². The second-order valence-electron chi connectivity index (χ2n) is 4.74. The van der Waals surface area contributed by atoms with Crippen LogP contribution in [0.4, 0.5) is 10.5 Å². The van der Waals surface area contributed by atoms with E-state index in [0.717, 1.165) is 5.01 Å². The number of nitrogens with zero attached hydrogens (tertiary/aromatic N) is 2. The van der Waals surface area contributed by atoms with Crippen LogP contribution in [0.15, 0.2) is 30.3 Å². The van der Waals surface area contributed by atoms with E-state index in [4.69, 9.17) is 4.74 Å². The first-order valence-electron chi connectivity index (χ1n) is 6.80. The van der Waals surface area contributed by atoms with Gasteiger partial charge in [-0.3, -0.25) is 10.2 Å². The minimum absolute atomic E-state index is 0.232. The standard InChI is InChI=1S/C14H19N3O4/c1-11(13(18)16-7-9-21-10-8-16)17(14(19)20)15-12-5-3-2-4-6-12/h2-6,11,15H,7-10H2,1H3,(H,19,20). The van der Waals surface area contributed by atoms with E-state index in [2.05, 4.69) is 5.43 Å². The summed E-state index contributed by atoms with van der Waals surface area (Å²) in [6.07, 6.45) is -1.20. The monoisotopic (exact) mass is 293 g/mol. The summed E-state index contributed by atoms with van der Waals surface area (Å²) in [6, 6.07) is 8.07. The fourth-order valence-corrected chi connectivity index (χ4v) is 2.12. The summed E-state index contributed by atoms with van der Waals surface area (Å²) in [6.45, 7) is 3.51. The predicted octanol–water partition coefficient (Wildman–Crippen LogP) is 1.24. The molecule has 7 nitrogen and oxygen atoms in total. The van der Waals surface area contributed by atoms with Crippen molar-refractivity contribution in [1.82, 2.24) is 9.91 Å². The normalized spacial score (nSPS) is 16.1. The van der Waals surface area contributed by atoms with Crippen LogP contribution in [0.25, 0.3) is 0 Å². The molecule has 0 saturated carbocycles. The van der Waals surface area contributed by atoms with Crippen LogP contribution >= 0.6 is 0 Å². The van der Waals surface area contributed by atoms with E-state index < -0.39 is 12.1 Å². The number of carbonyl (C=O) groups is 2. The van der Waals surface area contributed by atoms with Gasteiger partial charge in [0.15, 0.2) is 0 Å². The Morgan fingerprint density at radius 1 is 1.29 bits per heavy atom. The Kier molecular flexibility index (Phi) is 4.99. The Balaban J connectivity index is 2.06. The van der Waals surface area contributed by atoms with Crippen LogP contribution in [-0.2, 0) is 9.53 Å². The maximum Gasteiger partial charge on any atom is 0.426 e. The first-order chi connectivity index (χ1) is 10.1. The van der Waals surface area contributed by atoms with Crippen molar-refractivity contribution in [2.75, 3.05) is 31.7 Å². The number of carboxylic acid groups (broad SMARTS) is 1. The van der Waals surface area contributed by atoms with Gasteiger partial charge in [-0.05, 0) is 19.1 Å². The van der Waals surface area contributed by atoms with E-state index in [-0.39, 0.29) is 5.91 Å². The molecule has 0 spiro atoms. The molecular weight excluding hydrogens is 274 g/mol. The molecule has 1 unspecified atom stereocenters. The number of anilines is 1. The number of hydrogen-bond donors (Lipinski definition) is 2. The van der Waals surface area contributed by atoms with Crippen molar-refractivity contribution in [1.29, 1.82) is 0 Å². The summed E-state index contributed by atoms with van der Waals surface area (Å²) in [4.78, 5) is 25.4. The summed E-state index contributed by atoms with van der Waals surface area (Å²) in [7, 11) is 0. The highest BCUT2D eigenvalue weighted by Crippen LogP contribution is 2.12. The average Bonchev–Trinajstić information content (AvgIpc) is 2.53. The molecule has 0 bridgehead atoms. The van der Waals surface area contributed by atoms with Crippen LogP contribution in [0.2, 0.25) is 0 Å². The van der Waals surface area contributed by atoms with Gasteiger partial charge >= 0.3 is 6.09 Å². The number of hydrogen-bond acceptors (Lipinski definition) is 4. The van der Waals surface area contributed by atoms with E-state index >= 15 is 0 Å². The number of ether oxygens (including phenoxy) is 1. The Morgan fingerprint density at radius 3 is 2.48 bits per heavy atom. The number of benzene rings is 1. The van der Waals surface area contributed by atoms with E-state index in [1.165, 1.54) is 0 Å². The van der Waals surface area contributed by atoms with E-state index in [0.29, 0.717) is 32.0 Å². The van der Waals surface area contributed by atoms with Gasteiger partial charge in [-0.15, -0.1) is 0 Å². The first kappa shape index (κ1) is 15.1. The Morgan fingerprint density at radius 2 is 1.90 bits per heavy atom. The average molecular weight is 293 g/mol. The predicted molar refractivity (Wildman–Crippen MR) is 76.8 cm³/mol. The maximum absolute atomic E-state index is 12.4. The van der Waals surface area contributed by atoms with E-state index in [1.807, 2.05) is 6.07 Å². The van der Waals surface area contributed by atoms with Crippen LogP contribution < -0.4 is 5.43 Å². The molecular formula is C14H19N3O4. The van der Waals surface area contributed by atoms with Crippen molar-refractivity contribution < 1.29 is 19.4 Å². The molecule has 1 aromatic carbocycles. The SMILES string of the molecule is CC(C(=O)N1CCOCC1)N(Nc1ccccc1)C(=O)O. The van der Waals surface area contributed by atoms with Gasteiger partial charge in [0.1, 0.15) is 6.04 Å². The summed E-state index contributed by atoms with van der Waals surface area (Å²) in [5, 5.41) is 10.2. The molecule has 21 heavy (non-hydrogen) atoms. The van der Waals surface area contributed by atoms with Gasteiger partial charge in [-0.2, -0.15) is 0 Å². The third kappa shape index (κ3) is 3.85. The first-order valence-corrected chi connectivity index (χ1v) is 6.80. The topological polar surface area (TPSA) is 82.1 Å². The molecule has 2 rings (SSSR count). The van der Waals surface area contributed by atoms with E-state index in [1.54, 1.807) is 36.1 Å². The van der Waals surface area contributed by atoms with Crippen LogP contribution in [0.1, 0.15) is 6.92 Å². The van der Waals surface area contributed by atoms with Gasteiger partial charge in [0, 0.05) is 13.1 Å². The molecule has 1 heterocycles. The Labute approximate surface area is 123 Å². The van der Waals surface area contributed by atoms with Gasteiger partial charge in [0.25, 0.3) is 0 Å². The van der Waals surface area contributed by atoms with Crippen LogP contribution in [0, 0.1) is 0 Å². The highest BCUT2D eigenvalue weighted by molar-refractivity contribution is 5.85. The van der Waals surface area contributed by atoms with Gasteiger partial charge in [-0.1, -0.05) is 18.2 Å². The lowest BCUT2D eigenvalue weighted by atomic mass is 10.2. The third-order valence-electron chi connectivity index (χ3n) is 3.30. The zero-order valence-corrected chi connectivity index (χ0v) is 11.9. The molecule has 7 heteroatoms. The van der Waals surface area contributed by atoms with Gasteiger partial charge in [0.05, 0.1) is 18.9 Å². The smallest absolute Gasteiger partial charge is 0.426 e. The molecule has 0 radical (unpaired) electrons. The van der Waals surface area contributed by atoms with Gasteiger partial charge < -0.3 is 14.7 Å². The number of nitrogens with one attached hydrogen (secondary N) is 1. The molecule has 0 aromatic heterocycles. The molecule has 2 amide bonds. The third-order valence-corrected chi connectivity index (χ3v) is 3.30. The largest absolute Gasteiger partial charge is 0.464 e. The Bertz CT molecular complexity index is 488. The number of rotatable bonds is 4. The molecule has 2 N–H and O–H groups in total. The van der Waals surface area contributed by atoms with Gasteiger partial charge in [-0.25, -0.2) is 9.80 Å². The minimum Gasteiger partial charge on any atom is -0.464 e. The van der Waals surface area contributed by atoms with Crippen molar-refractivity contribution >= 4 is 17.7 Å². The molecule has 1 atom stereocenters. The zero-order valence-electron chi connectivity index (χ0n) is 11.9. The minimum atomic E-state index is -1.20. The number of hydrazine groups is 1. The Hall–Kier alpha value is -2.28. The van der Waals surface area contributed by atoms with Crippen molar-refractivity contribution in [3.8, 4) is 0 Å². The second-order valence-corrected chi connectivity index (χ2v) is 4.74. The van der Waals surface area contributed by atoms with Crippen LogP contribution in [0.5, 0.6) is 0 Å². The summed E-state index contributed by atoms with van der Waals surface area (Å²) in [5.41, 5.74) is 3.37. The lowest BCUT2D eigenvalue weighted by Gasteiger charge is -2.33. The number of morpholine rings is 1. The highest BCUT2D eigenvalue weighted by atomic mass is 16.5. The molecule has 1 saturated heterocycles. The molecule has 114 valence electrons. The van der Waals surface area contributed by atoms with Crippen molar-refractivity contribution in [2.24, 2.45) is 0 Å². The molecule has 1 fully saturated rings. The quantitative estimate of drug-likeness (QED) is 0.816. The van der Waals surface area contributed by atoms with Crippen LogP contribution in [0.3, 0.4) is 0 Å². The second kappa shape index (κ2) is 6.94. The number of para-hydroxylation sites is 1. The van der Waals surface area contributed by atoms with Crippen molar-refractivity contribution in [3.63, 3.8) is 0 Å². The maximum atomic E-state index is 12.4. The number of carbonyl (C=O) groups excluding carboxylic acids is 1. The lowest BCUT2D eigenvalue weighted by Crippen LogP contribution is -2.53. The lowest BCUT2D eigenvalue weighted by molar-refractivity contribution is -0.139. The molecule has 1 aliphatic rings. The fraction of sp³-hybridized carbons (Fsp3) is 0.429. The fourth-order valence-electron chi connectivity index (χ4n) is 2.12. The van der Waals surface area contributed by atoms with Crippen molar-refractivity contribution in [2.45, 2.75) is 13.0 Å². The highest BCUT2D eigenvalue weighted by Gasteiger charge is 2.30. The van der Waals surface area contributed by atoms with Gasteiger partial charge in [0.2, 0.25) is 5.91 Å². The van der Waals surface area contributed by atoms with Crippen molar-refractivity contribution in [3.05, 3.63) is 30.3 Å². The summed E-state index contributed by atoms with van der Waals surface area (Å²) < 4.78 is 5.19.